The molecule has 1 aromatic carbocycles. The number of nitrogens with zero attached hydrogens (tertiary/aromatic N) is 2. The molecule has 1 saturated heterocycles. The number of rotatable bonds is 7. The maximum Gasteiger partial charge on any atom is 0.258 e. The second kappa shape index (κ2) is 9.13. The first-order chi connectivity index (χ1) is 13.0. The number of hydrogen-bond donors (Lipinski definition) is 2. The van der Waals surface area contributed by atoms with E-state index in [4.69, 9.17) is 0 Å². The van der Waals surface area contributed by atoms with Crippen LogP contribution in [0.25, 0.3) is 10.9 Å². The second-order valence-corrected chi connectivity index (χ2v) is 7.86. The first-order valence-electron chi connectivity index (χ1n) is 10.0. The van der Waals surface area contributed by atoms with Crippen molar-refractivity contribution in [2.75, 3.05) is 19.6 Å². The third-order valence-electron chi connectivity index (χ3n) is 5.16. The number of para-hydroxylation sites is 1. The van der Waals surface area contributed by atoms with E-state index in [0.29, 0.717) is 36.0 Å². The van der Waals surface area contributed by atoms with Crippen LogP contribution < -0.4 is 10.9 Å². The predicted molar refractivity (Wildman–Crippen MR) is 108 cm³/mol. The first-order valence-corrected chi connectivity index (χ1v) is 10.0. The molecule has 2 unspecified atom stereocenters. The molecular formula is C21H30N4O2. The molecule has 0 radical (unpaired) electrons. The minimum atomic E-state index is -0.121. The SMILES string of the molecule is CC1CCCN(CC(C)NC(=O)CCCc2nc3ccccc3c(=O)[nH]2)C1. The third kappa shape index (κ3) is 5.63. The maximum atomic E-state index is 12.2. The molecule has 0 saturated carbocycles. The lowest BCUT2D eigenvalue weighted by Crippen LogP contribution is -2.45. The average Bonchev–Trinajstić information content (AvgIpc) is 2.61. The molecule has 2 aromatic rings. The van der Waals surface area contributed by atoms with Crippen LogP contribution in [0, 0.1) is 5.92 Å². The van der Waals surface area contributed by atoms with Crippen LogP contribution in [0.3, 0.4) is 0 Å². The highest BCUT2D eigenvalue weighted by molar-refractivity contribution is 5.77. The molecule has 1 aromatic heterocycles. The van der Waals surface area contributed by atoms with Crippen molar-refractivity contribution in [3.05, 3.63) is 40.4 Å². The Morgan fingerprint density at radius 3 is 3.04 bits per heavy atom. The normalized spacial score (nSPS) is 19.1. The zero-order chi connectivity index (χ0) is 19.2. The monoisotopic (exact) mass is 370 g/mol. The molecule has 1 aliphatic rings. The highest BCUT2D eigenvalue weighted by Crippen LogP contribution is 2.15. The summed E-state index contributed by atoms with van der Waals surface area (Å²) in [6, 6.07) is 7.46. The van der Waals surface area contributed by atoms with Gasteiger partial charge in [0, 0.05) is 32.0 Å². The number of aromatic amines is 1. The van der Waals surface area contributed by atoms with Gasteiger partial charge < -0.3 is 15.2 Å². The molecule has 1 aliphatic heterocycles. The molecule has 2 N–H and O–H groups in total. The van der Waals surface area contributed by atoms with Gasteiger partial charge in [-0.05, 0) is 50.8 Å². The molecule has 0 aliphatic carbocycles. The summed E-state index contributed by atoms with van der Waals surface area (Å²) in [5.74, 6) is 1.45. The number of hydrogen-bond acceptors (Lipinski definition) is 4. The smallest absolute Gasteiger partial charge is 0.258 e. The van der Waals surface area contributed by atoms with Crippen molar-refractivity contribution in [1.29, 1.82) is 0 Å². The quantitative estimate of drug-likeness (QED) is 0.785. The Kier molecular flexibility index (Phi) is 6.61. The van der Waals surface area contributed by atoms with Crippen LogP contribution in [0.2, 0.25) is 0 Å². The number of likely N-dealkylation sites (tertiary alicyclic amines) is 1. The number of aryl methyl sites for hydroxylation is 1. The molecule has 0 bridgehead atoms. The molecule has 146 valence electrons. The zero-order valence-electron chi connectivity index (χ0n) is 16.3. The van der Waals surface area contributed by atoms with Crippen LogP contribution >= 0.6 is 0 Å². The minimum absolute atomic E-state index is 0.0655. The Bertz CT molecular complexity index is 832. The highest BCUT2D eigenvalue weighted by atomic mass is 16.1. The van der Waals surface area contributed by atoms with Gasteiger partial charge >= 0.3 is 0 Å². The number of fused-ring (bicyclic) bond motifs is 1. The maximum absolute atomic E-state index is 12.2. The lowest BCUT2D eigenvalue weighted by atomic mass is 10.00. The third-order valence-corrected chi connectivity index (χ3v) is 5.16. The van der Waals surface area contributed by atoms with Crippen molar-refractivity contribution >= 4 is 16.8 Å². The van der Waals surface area contributed by atoms with Gasteiger partial charge in [-0.15, -0.1) is 0 Å². The van der Waals surface area contributed by atoms with Gasteiger partial charge in [-0.25, -0.2) is 4.98 Å². The van der Waals surface area contributed by atoms with E-state index in [-0.39, 0.29) is 17.5 Å². The van der Waals surface area contributed by atoms with Crippen molar-refractivity contribution in [1.82, 2.24) is 20.2 Å². The van der Waals surface area contributed by atoms with Crippen molar-refractivity contribution in [2.45, 2.75) is 52.0 Å². The number of carbonyl (C=O) groups is 1. The molecular weight excluding hydrogens is 340 g/mol. The topological polar surface area (TPSA) is 78.1 Å². The van der Waals surface area contributed by atoms with E-state index in [9.17, 15) is 9.59 Å². The second-order valence-electron chi connectivity index (χ2n) is 7.86. The van der Waals surface area contributed by atoms with Crippen molar-refractivity contribution in [2.24, 2.45) is 5.92 Å². The summed E-state index contributed by atoms with van der Waals surface area (Å²) in [6.45, 7) is 7.53. The Morgan fingerprint density at radius 2 is 2.22 bits per heavy atom. The van der Waals surface area contributed by atoms with E-state index in [1.165, 1.54) is 12.8 Å². The summed E-state index contributed by atoms with van der Waals surface area (Å²) in [4.78, 5) is 34.0. The van der Waals surface area contributed by atoms with Crippen LogP contribution in [0.15, 0.2) is 29.1 Å². The molecule has 6 nitrogen and oxygen atoms in total. The van der Waals surface area contributed by atoms with Gasteiger partial charge in [0.2, 0.25) is 5.91 Å². The fraction of sp³-hybridized carbons (Fsp3) is 0.571. The number of aromatic nitrogens is 2. The largest absolute Gasteiger partial charge is 0.352 e. The van der Waals surface area contributed by atoms with Gasteiger partial charge in [0.05, 0.1) is 10.9 Å². The molecule has 2 atom stereocenters. The summed E-state index contributed by atoms with van der Waals surface area (Å²) >= 11 is 0. The lowest BCUT2D eigenvalue weighted by molar-refractivity contribution is -0.121. The molecule has 6 heteroatoms. The van der Waals surface area contributed by atoms with Gasteiger partial charge in [-0.3, -0.25) is 9.59 Å². The van der Waals surface area contributed by atoms with Crippen LogP contribution in [0.1, 0.15) is 45.4 Å². The summed E-state index contributed by atoms with van der Waals surface area (Å²) in [7, 11) is 0. The first kappa shape index (κ1) is 19.5. The van der Waals surface area contributed by atoms with E-state index >= 15 is 0 Å². The number of H-pyrrole nitrogens is 1. The zero-order valence-corrected chi connectivity index (χ0v) is 16.3. The van der Waals surface area contributed by atoms with Crippen LogP contribution in [-0.2, 0) is 11.2 Å². The molecule has 3 rings (SSSR count). The standard InChI is InChI=1S/C21H30N4O2/c1-15-7-6-12-25(13-15)14-16(2)22-20(26)11-5-10-19-23-18-9-4-3-8-17(18)21(27)24-19/h3-4,8-9,15-16H,5-7,10-14H2,1-2H3,(H,22,26)(H,23,24,27). The molecule has 2 heterocycles. The van der Waals surface area contributed by atoms with Gasteiger partial charge in [0.1, 0.15) is 5.82 Å². The Morgan fingerprint density at radius 1 is 1.41 bits per heavy atom. The fourth-order valence-corrected chi connectivity index (χ4v) is 3.90. The van der Waals surface area contributed by atoms with E-state index < -0.39 is 0 Å². The van der Waals surface area contributed by atoms with Crippen LogP contribution in [-0.4, -0.2) is 46.5 Å². The molecule has 1 fully saturated rings. The lowest BCUT2D eigenvalue weighted by Gasteiger charge is -2.32. The number of amides is 1. The van der Waals surface area contributed by atoms with Gasteiger partial charge in [0.15, 0.2) is 0 Å². The summed E-state index contributed by atoms with van der Waals surface area (Å²) in [5, 5.41) is 3.69. The molecule has 0 spiro atoms. The Labute approximate surface area is 160 Å². The van der Waals surface area contributed by atoms with Gasteiger partial charge in [-0.1, -0.05) is 19.1 Å². The van der Waals surface area contributed by atoms with E-state index in [0.717, 1.165) is 25.6 Å². The number of piperidine rings is 1. The fourth-order valence-electron chi connectivity index (χ4n) is 3.90. The Balaban J connectivity index is 1.43. The number of benzene rings is 1. The predicted octanol–water partition coefficient (Wildman–Crippen LogP) is 2.48. The van der Waals surface area contributed by atoms with Crippen molar-refractivity contribution in [3.8, 4) is 0 Å². The average molecular weight is 370 g/mol. The van der Waals surface area contributed by atoms with Crippen molar-refractivity contribution in [3.63, 3.8) is 0 Å². The van der Waals surface area contributed by atoms with Crippen molar-refractivity contribution < 1.29 is 4.79 Å². The summed E-state index contributed by atoms with van der Waals surface area (Å²) < 4.78 is 0. The Hall–Kier alpha value is -2.21. The highest BCUT2D eigenvalue weighted by Gasteiger charge is 2.18. The van der Waals surface area contributed by atoms with E-state index in [2.05, 4.69) is 34.0 Å². The molecule has 27 heavy (non-hydrogen) atoms. The van der Waals surface area contributed by atoms with Gasteiger partial charge in [-0.2, -0.15) is 0 Å². The minimum Gasteiger partial charge on any atom is -0.352 e. The van der Waals surface area contributed by atoms with Gasteiger partial charge in [0.25, 0.3) is 5.56 Å². The summed E-state index contributed by atoms with van der Waals surface area (Å²) in [6.07, 6.45) is 4.25. The van der Waals surface area contributed by atoms with Crippen LogP contribution in [0.4, 0.5) is 0 Å². The number of carbonyl (C=O) groups excluding carboxylic acids is 1. The number of nitrogens with one attached hydrogen (secondary N) is 2. The molecule has 1 amide bonds. The van der Waals surface area contributed by atoms with Crippen LogP contribution in [0.5, 0.6) is 0 Å². The summed E-state index contributed by atoms with van der Waals surface area (Å²) in [5.41, 5.74) is 0.578. The van der Waals surface area contributed by atoms with E-state index in [1.807, 2.05) is 18.2 Å². The van der Waals surface area contributed by atoms with E-state index in [1.54, 1.807) is 6.07 Å².